The van der Waals surface area contributed by atoms with Crippen molar-refractivity contribution in [2.75, 3.05) is 5.32 Å². The standard InChI is InChI=1S/C11H15N5O/c1-3-4-9-5-10(14-7-13-9)12-6-11-15-8(2)16-17-11/h5,7H,3-4,6H2,1-2H3,(H,12,13,14). The molecule has 0 saturated carbocycles. The number of hydrogen-bond donors (Lipinski definition) is 1. The minimum atomic E-state index is 0.476. The summed E-state index contributed by atoms with van der Waals surface area (Å²) < 4.78 is 5.00. The van der Waals surface area contributed by atoms with Gasteiger partial charge < -0.3 is 9.84 Å². The van der Waals surface area contributed by atoms with Gasteiger partial charge in [0.05, 0.1) is 6.54 Å². The Morgan fingerprint density at radius 1 is 1.35 bits per heavy atom. The van der Waals surface area contributed by atoms with Crippen molar-refractivity contribution in [1.29, 1.82) is 0 Å². The van der Waals surface area contributed by atoms with E-state index < -0.39 is 0 Å². The van der Waals surface area contributed by atoms with Gasteiger partial charge in [-0.15, -0.1) is 0 Å². The van der Waals surface area contributed by atoms with Gasteiger partial charge in [0.1, 0.15) is 12.1 Å². The van der Waals surface area contributed by atoms with Gasteiger partial charge in [-0.3, -0.25) is 0 Å². The van der Waals surface area contributed by atoms with E-state index in [2.05, 4.69) is 32.3 Å². The number of aromatic nitrogens is 4. The Labute approximate surface area is 99.5 Å². The van der Waals surface area contributed by atoms with Crippen LogP contribution in [0.25, 0.3) is 0 Å². The molecule has 1 N–H and O–H groups in total. The number of hydrogen-bond acceptors (Lipinski definition) is 6. The molecular weight excluding hydrogens is 218 g/mol. The summed E-state index contributed by atoms with van der Waals surface area (Å²) in [7, 11) is 0. The largest absolute Gasteiger partial charge is 0.361 e. The predicted molar refractivity (Wildman–Crippen MR) is 62.4 cm³/mol. The SMILES string of the molecule is CCCc1cc(NCc2nc(C)no2)ncn1. The molecule has 90 valence electrons. The molecule has 17 heavy (non-hydrogen) atoms. The van der Waals surface area contributed by atoms with Crippen molar-refractivity contribution in [3.8, 4) is 0 Å². The molecular formula is C11H15N5O. The van der Waals surface area contributed by atoms with Gasteiger partial charge in [0, 0.05) is 11.8 Å². The van der Waals surface area contributed by atoms with Crippen LogP contribution in [-0.2, 0) is 13.0 Å². The van der Waals surface area contributed by atoms with Gasteiger partial charge in [-0.05, 0) is 13.3 Å². The monoisotopic (exact) mass is 233 g/mol. The second-order valence-electron chi connectivity index (χ2n) is 3.73. The number of aryl methyl sites for hydroxylation is 2. The molecule has 0 aromatic carbocycles. The molecule has 0 bridgehead atoms. The van der Waals surface area contributed by atoms with E-state index in [1.807, 2.05) is 6.07 Å². The van der Waals surface area contributed by atoms with E-state index in [1.54, 1.807) is 13.3 Å². The first-order valence-electron chi connectivity index (χ1n) is 5.62. The van der Waals surface area contributed by atoms with Gasteiger partial charge in [0.15, 0.2) is 5.82 Å². The zero-order valence-corrected chi connectivity index (χ0v) is 9.97. The van der Waals surface area contributed by atoms with E-state index in [4.69, 9.17) is 4.52 Å². The average Bonchev–Trinajstić information content (AvgIpc) is 2.74. The van der Waals surface area contributed by atoms with E-state index in [1.165, 1.54) is 0 Å². The highest BCUT2D eigenvalue weighted by Gasteiger charge is 2.03. The highest BCUT2D eigenvalue weighted by Crippen LogP contribution is 2.07. The van der Waals surface area contributed by atoms with E-state index in [9.17, 15) is 0 Å². The smallest absolute Gasteiger partial charge is 0.245 e. The molecule has 0 amide bonds. The van der Waals surface area contributed by atoms with Crippen LogP contribution in [-0.4, -0.2) is 20.1 Å². The third kappa shape index (κ3) is 3.24. The highest BCUT2D eigenvalue weighted by atomic mass is 16.5. The van der Waals surface area contributed by atoms with Crippen molar-refractivity contribution in [3.05, 3.63) is 29.8 Å². The van der Waals surface area contributed by atoms with Crippen LogP contribution >= 0.6 is 0 Å². The summed E-state index contributed by atoms with van der Waals surface area (Å²) in [5, 5.41) is 6.84. The van der Waals surface area contributed by atoms with Crippen molar-refractivity contribution >= 4 is 5.82 Å². The topological polar surface area (TPSA) is 76.7 Å². The molecule has 2 heterocycles. The van der Waals surface area contributed by atoms with Crippen molar-refractivity contribution < 1.29 is 4.52 Å². The average molecular weight is 233 g/mol. The molecule has 2 aromatic heterocycles. The molecule has 2 aromatic rings. The van der Waals surface area contributed by atoms with Crippen molar-refractivity contribution in [1.82, 2.24) is 20.1 Å². The molecule has 0 saturated heterocycles. The van der Waals surface area contributed by atoms with Gasteiger partial charge in [-0.1, -0.05) is 18.5 Å². The van der Waals surface area contributed by atoms with E-state index in [0.29, 0.717) is 18.3 Å². The Bertz CT molecular complexity index is 482. The Morgan fingerprint density at radius 3 is 2.94 bits per heavy atom. The summed E-state index contributed by atoms with van der Waals surface area (Å²) in [4.78, 5) is 12.4. The molecule has 0 atom stereocenters. The van der Waals surface area contributed by atoms with Gasteiger partial charge in [0.2, 0.25) is 5.89 Å². The number of anilines is 1. The fraction of sp³-hybridized carbons (Fsp3) is 0.455. The first kappa shape index (κ1) is 11.5. The maximum atomic E-state index is 5.00. The van der Waals surface area contributed by atoms with E-state index >= 15 is 0 Å². The van der Waals surface area contributed by atoms with Gasteiger partial charge >= 0.3 is 0 Å². The van der Waals surface area contributed by atoms with Crippen LogP contribution in [0.2, 0.25) is 0 Å². The predicted octanol–water partition coefficient (Wildman–Crippen LogP) is 1.73. The van der Waals surface area contributed by atoms with Gasteiger partial charge in [0.25, 0.3) is 0 Å². The summed E-state index contributed by atoms with van der Waals surface area (Å²) in [5.74, 6) is 1.97. The van der Waals surface area contributed by atoms with Crippen LogP contribution in [0, 0.1) is 6.92 Å². The summed E-state index contributed by atoms with van der Waals surface area (Å²) >= 11 is 0. The highest BCUT2D eigenvalue weighted by molar-refractivity contribution is 5.34. The number of nitrogens with one attached hydrogen (secondary N) is 1. The molecule has 0 spiro atoms. The third-order valence-corrected chi connectivity index (χ3v) is 2.22. The molecule has 0 fully saturated rings. The molecule has 0 aliphatic heterocycles. The lowest BCUT2D eigenvalue weighted by molar-refractivity contribution is 0.379. The third-order valence-electron chi connectivity index (χ3n) is 2.22. The first-order chi connectivity index (χ1) is 8.28. The van der Waals surface area contributed by atoms with Crippen molar-refractivity contribution in [2.45, 2.75) is 33.2 Å². The number of rotatable bonds is 5. The molecule has 0 radical (unpaired) electrons. The zero-order chi connectivity index (χ0) is 12.1. The van der Waals surface area contributed by atoms with Crippen LogP contribution < -0.4 is 5.32 Å². The second kappa shape index (κ2) is 5.38. The molecule has 6 nitrogen and oxygen atoms in total. The summed E-state index contributed by atoms with van der Waals surface area (Å²) in [6.45, 7) is 4.39. The van der Waals surface area contributed by atoms with Gasteiger partial charge in [-0.2, -0.15) is 4.98 Å². The number of nitrogens with zero attached hydrogens (tertiary/aromatic N) is 4. The molecule has 0 aliphatic carbocycles. The lowest BCUT2D eigenvalue weighted by Gasteiger charge is -2.03. The normalized spacial score (nSPS) is 10.5. The lowest BCUT2D eigenvalue weighted by atomic mass is 10.2. The molecule has 0 aliphatic rings. The maximum Gasteiger partial charge on any atom is 0.245 e. The molecule has 0 unspecified atom stereocenters. The molecule has 6 heteroatoms. The Balaban J connectivity index is 1.96. The van der Waals surface area contributed by atoms with Gasteiger partial charge in [-0.25, -0.2) is 9.97 Å². The summed E-state index contributed by atoms with van der Waals surface area (Å²) in [6.07, 6.45) is 3.59. The lowest BCUT2D eigenvalue weighted by Crippen LogP contribution is -2.03. The maximum absolute atomic E-state index is 5.00. The van der Waals surface area contributed by atoms with Crippen LogP contribution in [0.1, 0.15) is 30.8 Å². The minimum Gasteiger partial charge on any atom is -0.361 e. The molecule has 2 rings (SSSR count). The van der Waals surface area contributed by atoms with E-state index in [-0.39, 0.29) is 0 Å². The van der Waals surface area contributed by atoms with Crippen molar-refractivity contribution in [3.63, 3.8) is 0 Å². The van der Waals surface area contributed by atoms with Crippen LogP contribution in [0.3, 0.4) is 0 Å². The quantitative estimate of drug-likeness (QED) is 0.847. The second-order valence-corrected chi connectivity index (χ2v) is 3.73. The van der Waals surface area contributed by atoms with Crippen LogP contribution in [0.4, 0.5) is 5.82 Å². The minimum absolute atomic E-state index is 0.476. The Hall–Kier alpha value is -1.98. The fourth-order valence-corrected chi connectivity index (χ4v) is 1.47. The summed E-state index contributed by atoms with van der Waals surface area (Å²) in [6, 6.07) is 1.94. The fourth-order valence-electron chi connectivity index (χ4n) is 1.47. The summed E-state index contributed by atoms with van der Waals surface area (Å²) in [5.41, 5.74) is 1.03. The Morgan fingerprint density at radius 2 is 2.24 bits per heavy atom. The zero-order valence-electron chi connectivity index (χ0n) is 9.97. The van der Waals surface area contributed by atoms with Crippen LogP contribution in [0.15, 0.2) is 16.9 Å². The van der Waals surface area contributed by atoms with E-state index in [0.717, 1.165) is 24.4 Å². The van der Waals surface area contributed by atoms with Crippen molar-refractivity contribution in [2.24, 2.45) is 0 Å². The Kier molecular flexibility index (Phi) is 3.64. The first-order valence-corrected chi connectivity index (χ1v) is 5.62. The van der Waals surface area contributed by atoms with Crippen LogP contribution in [0.5, 0.6) is 0 Å².